The molecule has 3 N–H and O–H groups in total. The van der Waals surface area contributed by atoms with Crippen LogP contribution in [0.25, 0.3) is 0 Å². The minimum Gasteiger partial charge on any atom is -0.488 e. The molecule has 3 aliphatic rings. The number of ether oxygens (including phenoxy) is 2. The average molecular weight is 630 g/mol. The van der Waals surface area contributed by atoms with Gasteiger partial charge >= 0.3 is 0 Å². The highest BCUT2D eigenvalue weighted by Gasteiger charge is 2.34. The maximum Gasteiger partial charge on any atom is 0.251 e. The van der Waals surface area contributed by atoms with E-state index in [-0.39, 0.29) is 41.3 Å². The van der Waals surface area contributed by atoms with Crippen molar-refractivity contribution in [2.24, 2.45) is 5.41 Å². The lowest BCUT2D eigenvalue weighted by Gasteiger charge is -2.38. The lowest BCUT2D eigenvalue weighted by atomic mass is 9.72. The highest BCUT2D eigenvalue weighted by atomic mass is 19.1. The first-order valence-corrected chi connectivity index (χ1v) is 16.4. The van der Waals surface area contributed by atoms with Crippen molar-refractivity contribution >= 4 is 17.5 Å². The Labute approximate surface area is 270 Å². The third-order valence-electron chi connectivity index (χ3n) is 9.33. The first-order chi connectivity index (χ1) is 22.1. The van der Waals surface area contributed by atoms with E-state index in [0.29, 0.717) is 39.0 Å². The van der Waals surface area contributed by atoms with E-state index >= 15 is 0 Å². The summed E-state index contributed by atoms with van der Waals surface area (Å²) >= 11 is 0. The standard InChI is InChI=1S/C37H44FN3O5/c1-37(2)20-26-10-12-27(46-28-14-16-45-23-28)19-29(26)32(21-37)39-22-34(42)31(17-24-7-4-3-5-8-24)40-36(44)25-11-13-30(38)33(18-25)41-15-6-9-35(41)43/h3-5,7-8,10-13,18-19,28,31-32,34,39,42H,6,9,14-17,20-23H2,1-2H3,(H,40,44)/t28-,31-,32-,34+/m0/s1. The molecule has 9 heteroatoms. The van der Waals surface area contributed by atoms with Gasteiger partial charge in [0, 0.05) is 37.5 Å². The Kier molecular flexibility index (Phi) is 9.73. The molecule has 6 rings (SSSR count). The molecule has 0 saturated carbocycles. The number of halogens is 1. The molecule has 0 aromatic heterocycles. The fraction of sp³-hybridized carbons (Fsp3) is 0.459. The number of hydrogen-bond donors (Lipinski definition) is 3. The number of aliphatic hydroxyl groups excluding tert-OH is 1. The molecule has 2 saturated heterocycles. The van der Waals surface area contributed by atoms with Crippen molar-refractivity contribution in [3.8, 4) is 5.75 Å². The Bertz CT molecular complexity index is 1540. The van der Waals surface area contributed by atoms with Crippen LogP contribution in [0.4, 0.5) is 10.1 Å². The van der Waals surface area contributed by atoms with E-state index < -0.39 is 23.9 Å². The van der Waals surface area contributed by atoms with Crippen molar-refractivity contribution in [2.45, 2.75) is 76.7 Å². The summed E-state index contributed by atoms with van der Waals surface area (Å²) in [7, 11) is 0. The Hall–Kier alpha value is -3.79. The van der Waals surface area contributed by atoms with E-state index in [1.165, 1.54) is 34.2 Å². The van der Waals surface area contributed by atoms with E-state index in [1.54, 1.807) is 0 Å². The number of nitrogens with zero attached hydrogens (tertiary/aromatic N) is 1. The van der Waals surface area contributed by atoms with Crippen LogP contribution in [0, 0.1) is 11.2 Å². The number of carbonyl (C=O) groups excluding carboxylic acids is 2. The van der Waals surface area contributed by atoms with Gasteiger partial charge in [-0.05, 0) is 78.1 Å². The van der Waals surface area contributed by atoms with E-state index in [2.05, 4.69) is 36.6 Å². The highest BCUT2D eigenvalue weighted by molar-refractivity contribution is 5.99. The molecule has 1 aliphatic carbocycles. The second-order valence-electron chi connectivity index (χ2n) is 13.6. The molecule has 0 bridgehead atoms. The molecule has 2 aliphatic heterocycles. The molecule has 0 radical (unpaired) electrons. The van der Waals surface area contributed by atoms with Crippen LogP contribution in [0.3, 0.4) is 0 Å². The Morgan fingerprint density at radius 3 is 2.72 bits per heavy atom. The lowest BCUT2D eigenvalue weighted by molar-refractivity contribution is -0.117. The minimum absolute atomic E-state index is 0.0116. The largest absolute Gasteiger partial charge is 0.488 e. The SMILES string of the molecule is CC1(C)Cc2ccc(O[C@H]3CCOC3)cc2[C@@H](NC[C@@H](O)[C@H](Cc2ccccc2)NC(=O)c2ccc(F)c(N3CCCC3=O)c2)C1. The maximum absolute atomic E-state index is 14.7. The first-order valence-electron chi connectivity index (χ1n) is 16.4. The summed E-state index contributed by atoms with van der Waals surface area (Å²) in [5.41, 5.74) is 3.80. The zero-order valence-corrected chi connectivity index (χ0v) is 26.6. The number of amides is 2. The zero-order valence-electron chi connectivity index (χ0n) is 26.6. The third kappa shape index (κ3) is 7.60. The lowest BCUT2D eigenvalue weighted by Crippen LogP contribution is -2.49. The molecule has 2 heterocycles. The van der Waals surface area contributed by atoms with Gasteiger partial charge in [-0.3, -0.25) is 9.59 Å². The summed E-state index contributed by atoms with van der Waals surface area (Å²) in [6.45, 7) is 6.50. The van der Waals surface area contributed by atoms with Crippen LogP contribution < -0.4 is 20.3 Å². The number of benzene rings is 3. The van der Waals surface area contributed by atoms with Gasteiger partial charge in [0.1, 0.15) is 17.7 Å². The molecular weight excluding hydrogens is 585 g/mol. The molecule has 0 spiro atoms. The molecule has 3 aromatic rings. The molecule has 46 heavy (non-hydrogen) atoms. The second kappa shape index (κ2) is 13.9. The Balaban J connectivity index is 1.19. The van der Waals surface area contributed by atoms with Crippen molar-refractivity contribution in [1.29, 1.82) is 0 Å². The van der Waals surface area contributed by atoms with Crippen molar-refractivity contribution < 1.29 is 28.6 Å². The van der Waals surface area contributed by atoms with Crippen LogP contribution in [0.5, 0.6) is 5.75 Å². The molecular formula is C37H44FN3O5. The molecule has 4 atom stereocenters. The normalized spacial score (nSPS) is 21.9. The average Bonchev–Trinajstić information content (AvgIpc) is 3.71. The van der Waals surface area contributed by atoms with Crippen LogP contribution in [0.1, 0.15) is 72.6 Å². The molecule has 3 aromatic carbocycles. The van der Waals surface area contributed by atoms with Crippen LogP contribution in [-0.2, 0) is 22.4 Å². The van der Waals surface area contributed by atoms with Crippen LogP contribution in [0.15, 0.2) is 66.7 Å². The van der Waals surface area contributed by atoms with Gasteiger partial charge in [0.25, 0.3) is 5.91 Å². The monoisotopic (exact) mass is 629 g/mol. The Morgan fingerprint density at radius 1 is 1.15 bits per heavy atom. The van der Waals surface area contributed by atoms with E-state index in [0.717, 1.165) is 30.6 Å². The van der Waals surface area contributed by atoms with Gasteiger partial charge in [0.05, 0.1) is 31.0 Å². The smallest absolute Gasteiger partial charge is 0.251 e. The number of nitrogens with one attached hydrogen (secondary N) is 2. The van der Waals surface area contributed by atoms with Crippen LogP contribution in [-0.4, -0.2) is 61.5 Å². The highest BCUT2D eigenvalue weighted by Crippen LogP contribution is 2.42. The molecule has 2 amide bonds. The summed E-state index contributed by atoms with van der Waals surface area (Å²) in [6.07, 6.45) is 3.26. The van der Waals surface area contributed by atoms with Gasteiger partial charge in [-0.15, -0.1) is 0 Å². The fourth-order valence-electron chi connectivity index (χ4n) is 6.93. The maximum atomic E-state index is 14.7. The summed E-state index contributed by atoms with van der Waals surface area (Å²) in [5.74, 6) is -0.309. The number of fused-ring (bicyclic) bond motifs is 1. The molecule has 8 nitrogen and oxygen atoms in total. The minimum atomic E-state index is -0.923. The van der Waals surface area contributed by atoms with Gasteiger partial charge in [-0.1, -0.05) is 50.2 Å². The zero-order chi connectivity index (χ0) is 32.3. The predicted molar refractivity (Wildman–Crippen MR) is 175 cm³/mol. The Morgan fingerprint density at radius 2 is 1.98 bits per heavy atom. The number of rotatable bonds is 11. The fourth-order valence-corrected chi connectivity index (χ4v) is 6.93. The summed E-state index contributed by atoms with van der Waals surface area (Å²) in [4.78, 5) is 27.2. The summed E-state index contributed by atoms with van der Waals surface area (Å²) < 4.78 is 26.4. The molecule has 0 unspecified atom stereocenters. The van der Waals surface area contributed by atoms with Crippen LogP contribution in [0.2, 0.25) is 0 Å². The molecule has 2 fully saturated rings. The van der Waals surface area contributed by atoms with E-state index in [4.69, 9.17) is 9.47 Å². The predicted octanol–water partition coefficient (Wildman–Crippen LogP) is 5.13. The summed E-state index contributed by atoms with van der Waals surface area (Å²) in [5, 5.41) is 18.2. The van der Waals surface area contributed by atoms with Gasteiger partial charge in [0.2, 0.25) is 5.91 Å². The van der Waals surface area contributed by atoms with Crippen molar-refractivity contribution in [3.05, 3.63) is 94.8 Å². The number of hydrogen-bond acceptors (Lipinski definition) is 6. The number of carbonyl (C=O) groups is 2. The van der Waals surface area contributed by atoms with Crippen molar-refractivity contribution in [3.63, 3.8) is 0 Å². The molecule has 244 valence electrons. The van der Waals surface area contributed by atoms with E-state index in [1.807, 2.05) is 36.4 Å². The van der Waals surface area contributed by atoms with Crippen molar-refractivity contribution in [2.75, 3.05) is 31.2 Å². The topological polar surface area (TPSA) is 100 Å². The van der Waals surface area contributed by atoms with Crippen LogP contribution >= 0.6 is 0 Å². The first kappa shape index (κ1) is 32.2. The van der Waals surface area contributed by atoms with Gasteiger partial charge in [0.15, 0.2) is 0 Å². The van der Waals surface area contributed by atoms with Gasteiger partial charge in [-0.25, -0.2) is 4.39 Å². The summed E-state index contributed by atoms with van der Waals surface area (Å²) in [6, 6.07) is 19.4. The van der Waals surface area contributed by atoms with Gasteiger partial charge < -0.3 is 30.1 Å². The van der Waals surface area contributed by atoms with Gasteiger partial charge in [-0.2, -0.15) is 0 Å². The third-order valence-corrected chi connectivity index (χ3v) is 9.33. The number of anilines is 1. The second-order valence-corrected chi connectivity index (χ2v) is 13.6. The number of aliphatic hydroxyl groups is 1. The quantitative estimate of drug-likeness (QED) is 0.272. The van der Waals surface area contributed by atoms with E-state index in [9.17, 15) is 19.1 Å². The van der Waals surface area contributed by atoms with Crippen molar-refractivity contribution in [1.82, 2.24) is 10.6 Å².